The van der Waals surface area contributed by atoms with Gasteiger partial charge in [0.05, 0.1) is 0 Å². The Labute approximate surface area is 157 Å². The summed E-state index contributed by atoms with van der Waals surface area (Å²) in [6, 6.07) is 12.7. The summed E-state index contributed by atoms with van der Waals surface area (Å²) in [5, 5.41) is 9.98. The van der Waals surface area contributed by atoms with Crippen LogP contribution in [0.3, 0.4) is 0 Å². The van der Waals surface area contributed by atoms with Crippen molar-refractivity contribution >= 4 is 0 Å². The molecule has 2 aromatic rings. The first-order valence-corrected chi connectivity index (χ1v) is 9.96. The van der Waals surface area contributed by atoms with Crippen LogP contribution in [0.15, 0.2) is 30.3 Å². The quantitative estimate of drug-likeness (QED) is 0.615. The average Bonchev–Trinajstić information content (AvgIpc) is 2.92. The van der Waals surface area contributed by atoms with Crippen molar-refractivity contribution < 1.29 is 4.74 Å². The number of benzene rings is 1. The fourth-order valence-corrected chi connectivity index (χ4v) is 3.83. The number of hydrogen-bond donors (Lipinski definition) is 0. The maximum Gasteiger partial charge on any atom is 0.232 e. The van der Waals surface area contributed by atoms with Gasteiger partial charge in [-0.25, -0.2) is 4.98 Å². The van der Waals surface area contributed by atoms with Crippen molar-refractivity contribution in [1.29, 1.82) is 5.26 Å². The van der Waals surface area contributed by atoms with Crippen LogP contribution in [0.1, 0.15) is 69.2 Å². The number of rotatable bonds is 6. The summed E-state index contributed by atoms with van der Waals surface area (Å²) in [6.45, 7) is 4.30. The van der Waals surface area contributed by atoms with Gasteiger partial charge in [0.15, 0.2) is 0 Å². The molecule has 0 aliphatic heterocycles. The Kier molecular flexibility index (Phi) is 6.28. The summed E-state index contributed by atoms with van der Waals surface area (Å²) in [7, 11) is 0. The van der Waals surface area contributed by atoms with Crippen molar-refractivity contribution in [2.24, 2.45) is 0 Å². The number of nitrogens with zero attached hydrogens (tertiary/aromatic N) is 2. The van der Waals surface area contributed by atoms with Gasteiger partial charge in [0, 0.05) is 11.3 Å². The molecule has 1 atom stereocenters. The molecule has 0 unspecified atom stereocenters. The van der Waals surface area contributed by atoms with Crippen LogP contribution in [0, 0.1) is 11.3 Å². The summed E-state index contributed by atoms with van der Waals surface area (Å²) >= 11 is 0. The van der Waals surface area contributed by atoms with Crippen LogP contribution in [0.25, 0.3) is 11.1 Å². The molecule has 1 aromatic heterocycles. The number of hydrogen-bond acceptors (Lipinski definition) is 3. The van der Waals surface area contributed by atoms with Crippen LogP contribution in [0.4, 0.5) is 0 Å². The summed E-state index contributed by atoms with van der Waals surface area (Å²) in [5.41, 5.74) is 5.12. The first-order chi connectivity index (χ1) is 12.8. The number of ether oxygens (including phenoxy) is 1. The molecule has 136 valence electrons. The SMILES string of the molecule is CCC[C@@H](CC)Oc1nc2c(c(-c3ccccc3)c1C#N)CCCCC2. The van der Waals surface area contributed by atoms with E-state index in [2.05, 4.69) is 32.0 Å². The van der Waals surface area contributed by atoms with Gasteiger partial charge in [-0.15, -0.1) is 0 Å². The largest absolute Gasteiger partial charge is 0.473 e. The highest BCUT2D eigenvalue weighted by atomic mass is 16.5. The van der Waals surface area contributed by atoms with E-state index in [0.717, 1.165) is 61.8 Å². The van der Waals surface area contributed by atoms with Crippen LogP contribution in [0.5, 0.6) is 5.88 Å². The van der Waals surface area contributed by atoms with Gasteiger partial charge in [-0.3, -0.25) is 0 Å². The number of aromatic nitrogens is 1. The highest BCUT2D eigenvalue weighted by Crippen LogP contribution is 2.37. The monoisotopic (exact) mass is 348 g/mol. The van der Waals surface area contributed by atoms with Crippen LogP contribution in [0.2, 0.25) is 0 Å². The van der Waals surface area contributed by atoms with Crippen LogP contribution in [-0.2, 0) is 12.8 Å². The lowest BCUT2D eigenvalue weighted by Crippen LogP contribution is -2.18. The molecule has 1 aliphatic carbocycles. The Morgan fingerprint density at radius 3 is 2.58 bits per heavy atom. The van der Waals surface area contributed by atoms with Gasteiger partial charge in [-0.2, -0.15) is 5.26 Å². The van der Waals surface area contributed by atoms with E-state index in [0.29, 0.717) is 11.4 Å². The molecular weight excluding hydrogens is 320 g/mol. The highest BCUT2D eigenvalue weighted by molar-refractivity contribution is 5.77. The van der Waals surface area contributed by atoms with Gasteiger partial charge < -0.3 is 4.74 Å². The summed E-state index contributed by atoms with van der Waals surface area (Å²) in [4.78, 5) is 4.86. The fourth-order valence-electron chi connectivity index (χ4n) is 3.83. The van der Waals surface area contributed by atoms with E-state index < -0.39 is 0 Å². The molecule has 0 bridgehead atoms. The second-order valence-corrected chi connectivity index (χ2v) is 7.07. The van der Waals surface area contributed by atoms with Gasteiger partial charge >= 0.3 is 0 Å². The van der Waals surface area contributed by atoms with Gasteiger partial charge in [0.2, 0.25) is 5.88 Å². The van der Waals surface area contributed by atoms with Crippen LogP contribution < -0.4 is 4.74 Å². The van der Waals surface area contributed by atoms with E-state index in [4.69, 9.17) is 9.72 Å². The van der Waals surface area contributed by atoms with Crippen LogP contribution in [-0.4, -0.2) is 11.1 Å². The molecule has 3 nitrogen and oxygen atoms in total. The first-order valence-electron chi connectivity index (χ1n) is 9.96. The Morgan fingerprint density at radius 1 is 1.12 bits per heavy atom. The molecule has 0 amide bonds. The van der Waals surface area contributed by atoms with E-state index in [1.807, 2.05) is 18.2 Å². The molecule has 3 heteroatoms. The van der Waals surface area contributed by atoms with Gasteiger partial charge in [-0.05, 0) is 49.7 Å². The van der Waals surface area contributed by atoms with Crippen molar-refractivity contribution in [3.05, 3.63) is 47.2 Å². The smallest absolute Gasteiger partial charge is 0.232 e. The van der Waals surface area contributed by atoms with Crippen molar-refractivity contribution in [2.75, 3.05) is 0 Å². The zero-order valence-electron chi connectivity index (χ0n) is 15.9. The molecular formula is C23H28N2O. The van der Waals surface area contributed by atoms with E-state index >= 15 is 0 Å². The molecule has 0 radical (unpaired) electrons. The number of nitriles is 1. The third-order valence-electron chi connectivity index (χ3n) is 5.21. The maximum absolute atomic E-state index is 9.98. The average molecular weight is 348 g/mol. The predicted octanol–water partition coefficient (Wildman–Crippen LogP) is 5.85. The minimum absolute atomic E-state index is 0.118. The van der Waals surface area contributed by atoms with Crippen molar-refractivity contribution in [2.45, 2.75) is 71.3 Å². The molecule has 3 rings (SSSR count). The molecule has 0 fully saturated rings. The minimum atomic E-state index is 0.118. The molecule has 0 saturated carbocycles. The normalized spacial score (nSPS) is 14.8. The lowest BCUT2D eigenvalue weighted by atomic mass is 9.92. The molecule has 0 N–H and O–H groups in total. The second kappa shape index (κ2) is 8.85. The molecule has 26 heavy (non-hydrogen) atoms. The maximum atomic E-state index is 9.98. The number of pyridine rings is 1. The molecule has 0 saturated heterocycles. The van der Waals surface area contributed by atoms with Gasteiger partial charge in [0.1, 0.15) is 17.7 Å². The first kappa shape index (κ1) is 18.5. The van der Waals surface area contributed by atoms with Gasteiger partial charge in [-0.1, -0.05) is 57.0 Å². The topological polar surface area (TPSA) is 45.9 Å². The summed E-state index contributed by atoms with van der Waals surface area (Å²) in [6.07, 6.45) is 8.60. The summed E-state index contributed by atoms with van der Waals surface area (Å²) in [5.74, 6) is 0.535. The number of aryl methyl sites for hydroxylation is 1. The summed E-state index contributed by atoms with van der Waals surface area (Å²) < 4.78 is 6.26. The van der Waals surface area contributed by atoms with E-state index in [1.165, 1.54) is 12.0 Å². The minimum Gasteiger partial charge on any atom is -0.473 e. The number of fused-ring (bicyclic) bond motifs is 1. The highest BCUT2D eigenvalue weighted by Gasteiger charge is 2.24. The third-order valence-corrected chi connectivity index (χ3v) is 5.21. The lowest BCUT2D eigenvalue weighted by Gasteiger charge is -2.21. The Hall–Kier alpha value is -2.34. The Balaban J connectivity index is 2.17. The van der Waals surface area contributed by atoms with Gasteiger partial charge in [0.25, 0.3) is 0 Å². The third kappa shape index (κ3) is 3.90. The molecule has 1 aromatic carbocycles. The van der Waals surface area contributed by atoms with E-state index in [-0.39, 0.29) is 6.10 Å². The zero-order chi connectivity index (χ0) is 18.4. The Bertz CT molecular complexity index is 777. The van der Waals surface area contributed by atoms with Crippen LogP contribution >= 0.6 is 0 Å². The zero-order valence-corrected chi connectivity index (χ0v) is 15.9. The molecule has 1 aliphatic rings. The van der Waals surface area contributed by atoms with E-state index in [1.54, 1.807) is 0 Å². The fraction of sp³-hybridized carbons (Fsp3) is 0.478. The molecule has 1 heterocycles. The second-order valence-electron chi connectivity index (χ2n) is 7.07. The van der Waals surface area contributed by atoms with Crippen molar-refractivity contribution in [3.8, 4) is 23.1 Å². The van der Waals surface area contributed by atoms with Crippen molar-refractivity contribution in [3.63, 3.8) is 0 Å². The standard InChI is InChI=1S/C23H28N2O/c1-3-11-18(4-2)26-23-20(16-24)22(17-12-7-5-8-13-17)19-14-9-6-10-15-21(19)25-23/h5,7-8,12-13,18H,3-4,6,9-11,14-15H2,1-2H3/t18-/m1/s1. The lowest BCUT2D eigenvalue weighted by molar-refractivity contribution is 0.177. The predicted molar refractivity (Wildman–Crippen MR) is 105 cm³/mol. The van der Waals surface area contributed by atoms with Crippen molar-refractivity contribution in [1.82, 2.24) is 4.98 Å². The van der Waals surface area contributed by atoms with E-state index in [9.17, 15) is 5.26 Å². The Morgan fingerprint density at radius 2 is 1.88 bits per heavy atom. The molecule has 0 spiro atoms.